The Bertz CT molecular complexity index is 663. The Hall–Kier alpha value is -1.43. The van der Waals surface area contributed by atoms with Crippen molar-refractivity contribution in [1.29, 1.82) is 0 Å². The molecule has 2 heterocycles. The van der Waals surface area contributed by atoms with Crippen molar-refractivity contribution in [2.75, 3.05) is 33.2 Å². The van der Waals surface area contributed by atoms with Crippen LogP contribution in [0.2, 0.25) is 0 Å². The summed E-state index contributed by atoms with van der Waals surface area (Å²) in [6, 6.07) is 4.35. The molecular formula is C22H36ClN5. The third kappa shape index (κ3) is 7.53. The highest BCUT2D eigenvalue weighted by Gasteiger charge is 2.22. The minimum absolute atomic E-state index is 0.358. The average Bonchev–Trinajstić information content (AvgIpc) is 2.89. The van der Waals surface area contributed by atoms with E-state index in [4.69, 9.17) is 17.3 Å². The Labute approximate surface area is 175 Å². The molecule has 1 aliphatic rings. The summed E-state index contributed by atoms with van der Waals surface area (Å²) in [7, 11) is 1.71. The predicted octanol–water partition coefficient (Wildman–Crippen LogP) is 3.90. The van der Waals surface area contributed by atoms with Crippen molar-refractivity contribution in [3.05, 3.63) is 35.7 Å². The fraction of sp³-hybridized carbons (Fsp3) is 0.636. The maximum absolute atomic E-state index is 6.47. The zero-order valence-corrected chi connectivity index (χ0v) is 18.6. The molecule has 156 valence electrons. The first-order chi connectivity index (χ1) is 13.3. The van der Waals surface area contributed by atoms with Gasteiger partial charge in [0.2, 0.25) is 0 Å². The second-order valence-corrected chi connectivity index (χ2v) is 9.20. The van der Waals surface area contributed by atoms with Crippen molar-refractivity contribution >= 4 is 22.5 Å². The molecular weight excluding hydrogens is 370 g/mol. The van der Waals surface area contributed by atoms with Crippen LogP contribution in [0.4, 0.5) is 0 Å². The molecule has 1 aromatic heterocycles. The van der Waals surface area contributed by atoms with Crippen molar-refractivity contribution in [3.8, 4) is 0 Å². The number of rotatable bonds is 7. The molecule has 1 unspecified atom stereocenters. The van der Waals surface area contributed by atoms with Crippen LogP contribution in [-0.2, 0) is 0 Å². The molecule has 5 nitrogen and oxygen atoms in total. The molecule has 0 radical (unpaired) electrons. The summed E-state index contributed by atoms with van der Waals surface area (Å²) < 4.78 is 0. The molecule has 2 rings (SSSR count). The molecule has 0 bridgehead atoms. The van der Waals surface area contributed by atoms with Gasteiger partial charge in [-0.15, -0.1) is 0 Å². The number of likely N-dealkylation sites (tertiary alicyclic amines) is 1. The van der Waals surface area contributed by atoms with Crippen LogP contribution in [0, 0.1) is 5.41 Å². The fourth-order valence-electron chi connectivity index (χ4n) is 3.50. The molecule has 28 heavy (non-hydrogen) atoms. The van der Waals surface area contributed by atoms with Gasteiger partial charge in [0, 0.05) is 55.4 Å². The summed E-state index contributed by atoms with van der Waals surface area (Å²) in [6.07, 6.45) is 8.35. The molecule has 6 heteroatoms. The lowest BCUT2D eigenvalue weighted by atomic mass is 9.92. The number of aromatic nitrogens is 1. The van der Waals surface area contributed by atoms with Gasteiger partial charge in [-0.05, 0) is 49.9 Å². The standard InChI is InChI=1S/C22H36ClN5/c1-22(2,3)10-12-27-18-9-5-6-13-28(15-18)16-19(21(23)25-4)20(24)17-8-7-11-26-14-17/h7-8,11,14,18,27H,5-6,9-10,12-13,15-16,24H2,1-4H3/b20-19-,25-21?. The Morgan fingerprint density at radius 1 is 1.39 bits per heavy atom. The van der Waals surface area contributed by atoms with E-state index < -0.39 is 0 Å². The van der Waals surface area contributed by atoms with Crippen LogP contribution in [-0.4, -0.2) is 54.3 Å². The Kier molecular flexibility index (Phi) is 8.93. The number of pyridine rings is 1. The minimum Gasteiger partial charge on any atom is -0.398 e. The molecule has 1 atom stereocenters. The quantitative estimate of drug-likeness (QED) is 0.675. The van der Waals surface area contributed by atoms with Crippen molar-refractivity contribution < 1.29 is 0 Å². The normalized spacial score (nSPS) is 20.6. The molecule has 1 aliphatic heterocycles. The summed E-state index contributed by atoms with van der Waals surface area (Å²) in [4.78, 5) is 10.8. The second-order valence-electron chi connectivity index (χ2n) is 8.84. The number of nitrogens with zero attached hydrogens (tertiary/aromatic N) is 3. The number of nitrogens with one attached hydrogen (secondary N) is 1. The molecule has 0 amide bonds. The van der Waals surface area contributed by atoms with E-state index >= 15 is 0 Å². The van der Waals surface area contributed by atoms with Gasteiger partial charge >= 0.3 is 0 Å². The van der Waals surface area contributed by atoms with Gasteiger partial charge in [-0.2, -0.15) is 0 Å². The molecule has 3 N–H and O–H groups in total. The van der Waals surface area contributed by atoms with Gasteiger partial charge < -0.3 is 11.1 Å². The van der Waals surface area contributed by atoms with Crippen LogP contribution in [0.5, 0.6) is 0 Å². The molecule has 0 aromatic carbocycles. The summed E-state index contributed by atoms with van der Waals surface area (Å²) in [5, 5.41) is 4.24. The van der Waals surface area contributed by atoms with Crippen molar-refractivity contribution in [2.45, 2.75) is 52.5 Å². The molecule has 1 aromatic rings. The van der Waals surface area contributed by atoms with Gasteiger partial charge in [0.05, 0.1) is 0 Å². The third-order valence-corrected chi connectivity index (χ3v) is 5.59. The Morgan fingerprint density at radius 2 is 2.18 bits per heavy atom. The van der Waals surface area contributed by atoms with E-state index in [9.17, 15) is 0 Å². The molecule has 0 spiro atoms. The van der Waals surface area contributed by atoms with Crippen molar-refractivity contribution in [2.24, 2.45) is 16.1 Å². The SMILES string of the molecule is CN=C(Cl)/C(CN1CCCCC(NCCC(C)(C)C)C1)=C(\N)c1cccnc1. The van der Waals surface area contributed by atoms with Gasteiger partial charge in [-0.1, -0.05) is 38.8 Å². The van der Waals surface area contributed by atoms with Gasteiger partial charge in [-0.25, -0.2) is 0 Å². The lowest BCUT2D eigenvalue weighted by Crippen LogP contribution is -2.42. The molecule has 1 fully saturated rings. The van der Waals surface area contributed by atoms with E-state index in [0.29, 0.717) is 28.9 Å². The smallest absolute Gasteiger partial charge is 0.129 e. The number of halogens is 1. The highest BCUT2D eigenvalue weighted by molar-refractivity contribution is 6.70. The van der Waals surface area contributed by atoms with Crippen LogP contribution < -0.4 is 11.1 Å². The Morgan fingerprint density at radius 3 is 2.82 bits per heavy atom. The average molecular weight is 406 g/mol. The van der Waals surface area contributed by atoms with E-state index in [1.165, 1.54) is 25.7 Å². The fourth-order valence-corrected chi connectivity index (χ4v) is 3.66. The summed E-state index contributed by atoms with van der Waals surface area (Å²) in [5.41, 5.74) is 9.25. The van der Waals surface area contributed by atoms with Crippen LogP contribution in [0.15, 0.2) is 35.1 Å². The largest absolute Gasteiger partial charge is 0.398 e. The molecule has 1 saturated heterocycles. The van der Waals surface area contributed by atoms with Crippen LogP contribution >= 0.6 is 11.6 Å². The van der Waals surface area contributed by atoms with Crippen molar-refractivity contribution in [3.63, 3.8) is 0 Å². The summed E-state index contributed by atoms with van der Waals surface area (Å²) in [5.74, 6) is 0. The summed E-state index contributed by atoms with van der Waals surface area (Å²) in [6.45, 7) is 10.7. The number of hydrogen-bond acceptors (Lipinski definition) is 5. The Balaban J connectivity index is 2.10. The van der Waals surface area contributed by atoms with E-state index in [1.807, 2.05) is 12.1 Å². The van der Waals surface area contributed by atoms with Gasteiger partial charge in [0.1, 0.15) is 5.17 Å². The minimum atomic E-state index is 0.358. The van der Waals surface area contributed by atoms with Crippen LogP contribution in [0.3, 0.4) is 0 Å². The lowest BCUT2D eigenvalue weighted by Gasteiger charge is -2.27. The van der Waals surface area contributed by atoms with Crippen LogP contribution in [0.25, 0.3) is 5.70 Å². The zero-order valence-electron chi connectivity index (χ0n) is 17.8. The van der Waals surface area contributed by atoms with E-state index in [0.717, 1.165) is 30.8 Å². The summed E-state index contributed by atoms with van der Waals surface area (Å²) >= 11 is 6.46. The van der Waals surface area contributed by atoms with E-state index in [2.05, 4.69) is 41.0 Å². The molecule has 0 aliphatic carbocycles. The van der Waals surface area contributed by atoms with Gasteiger partial charge in [0.15, 0.2) is 0 Å². The molecule has 0 saturated carbocycles. The predicted molar refractivity (Wildman–Crippen MR) is 121 cm³/mol. The van der Waals surface area contributed by atoms with E-state index in [-0.39, 0.29) is 0 Å². The first-order valence-electron chi connectivity index (χ1n) is 10.3. The first kappa shape index (κ1) is 22.9. The monoisotopic (exact) mass is 405 g/mol. The lowest BCUT2D eigenvalue weighted by molar-refractivity contribution is 0.272. The zero-order chi connectivity index (χ0) is 20.6. The topological polar surface area (TPSA) is 66.5 Å². The van der Waals surface area contributed by atoms with Crippen molar-refractivity contribution in [1.82, 2.24) is 15.2 Å². The number of nitrogens with two attached hydrogens (primary N) is 1. The van der Waals surface area contributed by atoms with Gasteiger partial charge in [0.25, 0.3) is 0 Å². The van der Waals surface area contributed by atoms with E-state index in [1.54, 1.807) is 19.4 Å². The number of hydrogen-bond donors (Lipinski definition) is 2. The first-order valence-corrected chi connectivity index (χ1v) is 10.7. The third-order valence-electron chi connectivity index (χ3n) is 5.19. The van der Waals surface area contributed by atoms with Gasteiger partial charge in [-0.3, -0.25) is 14.9 Å². The second kappa shape index (κ2) is 10.9. The van der Waals surface area contributed by atoms with Crippen LogP contribution in [0.1, 0.15) is 52.0 Å². The maximum Gasteiger partial charge on any atom is 0.129 e. The number of aliphatic imine (C=N–C) groups is 1. The highest BCUT2D eigenvalue weighted by Crippen LogP contribution is 2.21. The highest BCUT2D eigenvalue weighted by atomic mass is 35.5. The maximum atomic E-state index is 6.47.